The molecule has 2 aromatic rings. The first-order valence-electron chi connectivity index (χ1n) is 6.35. The van der Waals surface area contributed by atoms with Crippen molar-refractivity contribution in [3.05, 3.63) is 41.6 Å². The zero-order chi connectivity index (χ0) is 13.7. The fraction of sp³-hybridized carbons (Fsp3) is 0.429. The number of rotatable bonds is 6. The van der Waals surface area contributed by atoms with Gasteiger partial charge in [0.1, 0.15) is 5.75 Å². The van der Waals surface area contributed by atoms with Crippen molar-refractivity contribution in [1.82, 2.24) is 15.5 Å². The summed E-state index contributed by atoms with van der Waals surface area (Å²) in [7, 11) is 3.53. The molecule has 102 valence electrons. The molecule has 0 aliphatic heterocycles. The van der Waals surface area contributed by atoms with Gasteiger partial charge in [0.05, 0.1) is 13.2 Å². The van der Waals surface area contributed by atoms with E-state index >= 15 is 0 Å². The smallest absolute Gasteiger partial charge is 0.233 e. The van der Waals surface area contributed by atoms with Gasteiger partial charge in [0.15, 0.2) is 0 Å². The molecule has 0 saturated heterocycles. The molecule has 5 nitrogen and oxygen atoms in total. The van der Waals surface area contributed by atoms with Crippen LogP contribution in [0.15, 0.2) is 28.7 Å². The van der Waals surface area contributed by atoms with Gasteiger partial charge >= 0.3 is 0 Å². The molecular weight excluding hydrogens is 242 g/mol. The molecule has 0 fully saturated rings. The standard InChI is InChI=1S/C14H19N3O2/c1-10(15-2)14-17-16-13(19-14)9-6-11-4-7-12(18-3)8-5-11/h4-5,7-8,10,15H,6,9H2,1-3H3. The van der Waals surface area contributed by atoms with Crippen LogP contribution in [0, 0.1) is 0 Å². The maximum atomic E-state index is 5.59. The summed E-state index contributed by atoms with van der Waals surface area (Å²) in [6.45, 7) is 1.99. The van der Waals surface area contributed by atoms with Crippen molar-refractivity contribution in [2.24, 2.45) is 0 Å². The molecule has 0 amide bonds. The minimum absolute atomic E-state index is 0.0854. The Hall–Kier alpha value is -1.88. The number of methoxy groups -OCH3 is 1. The van der Waals surface area contributed by atoms with Crippen molar-refractivity contribution in [3.63, 3.8) is 0 Å². The monoisotopic (exact) mass is 261 g/mol. The zero-order valence-corrected chi connectivity index (χ0v) is 11.5. The Morgan fingerprint density at radius 2 is 1.95 bits per heavy atom. The molecule has 1 aromatic heterocycles. The van der Waals surface area contributed by atoms with Crippen molar-refractivity contribution >= 4 is 0 Å². The SMILES string of the molecule is CNC(C)c1nnc(CCc2ccc(OC)cc2)o1. The average molecular weight is 261 g/mol. The van der Waals surface area contributed by atoms with E-state index in [2.05, 4.69) is 15.5 Å². The molecule has 0 saturated carbocycles. The Balaban J connectivity index is 1.92. The minimum atomic E-state index is 0.0854. The largest absolute Gasteiger partial charge is 0.497 e. The molecular formula is C14H19N3O2. The second-order valence-electron chi connectivity index (χ2n) is 4.39. The van der Waals surface area contributed by atoms with Gasteiger partial charge in [-0.25, -0.2) is 0 Å². The fourth-order valence-electron chi connectivity index (χ4n) is 1.71. The van der Waals surface area contributed by atoms with E-state index < -0.39 is 0 Å². The molecule has 0 aliphatic carbocycles. The lowest BCUT2D eigenvalue weighted by Gasteiger charge is -2.03. The first kappa shape index (κ1) is 13.5. The van der Waals surface area contributed by atoms with Crippen LogP contribution in [0.2, 0.25) is 0 Å². The number of aryl methyl sites for hydroxylation is 2. The fourth-order valence-corrected chi connectivity index (χ4v) is 1.71. The third-order valence-corrected chi connectivity index (χ3v) is 3.07. The summed E-state index contributed by atoms with van der Waals surface area (Å²) >= 11 is 0. The van der Waals surface area contributed by atoms with Gasteiger partial charge in [-0.2, -0.15) is 0 Å². The van der Waals surface area contributed by atoms with Crippen LogP contribution in [0.4, 0.5) is 0 Å². The summed E-state index contributed by atoms with van der Waals surface area (Å²) in [4.78, 5) is 0. The molecule has 1 unspecified atom stereocenters. The van der Waals surface area contributed by atoms with Crippen molar-refractivity contribution < 1.29 is 9.15 Å². The van der Waals surface area contributed by atoms with Gasteiger partial charge in [0.25, 0.3) is 0 Å². The Morgan fingerprint density at radius 1 is 1.21 bits per heavy atom. The van der Waals surface area contributed by atoms with Gasteiger partial charge in [-0.05, 0) is 38.1 Å². The summed E-state index contributed by atoms with van der Waals surface area (Å²) in [5.41, 5.74) is 1.22. The average Bonchev–Trinajstić information content (AvgIpc) is 2.93. The lowest BCUT2D eigenvalue weighted by atomic mass is 10.1. The molecule has 0 radical (unpaired) electrons. The van der Waals surface area contributed by atoms with E-state index in [0.29, 0.717) is 11.8 Å². The lowest BCUT2D eigenvalue weighted by Crippen LogP contribution is -2.12. The molecule has 1 heterocycles. The van der Waals surface area contributed by atoms with E-state index in [9.17, 15) is 0 Å². The molecule has 1 N–H and O–H groups in total. The van der Waals surface area contributed by atoms with Crippen molar-refractivity contribution in [2.45, 2.75) is 25.8 Å². The van der Waals surface area contributed by atoms with Crippen LogP contribution in [0.5, 0.6) is 5.75 Å². The topological polar surface area (TPSA) is 60.2 Å². The summed E-state index contributed by atoms with van der Waals surface area (Å²) in [5.74, 6) is 2.17. The highest BCUT2D eigenvalue weighted by atomic mass is 16.5. The van der Waals surface area contributed by atoms with E-state index in [-0.39, 0.29) is 6.04 Å². The highest BCUT2D eigenvalue weighted by Crippen LogP contribution is 2.14. The van der Waals surface area contributed by atoms with Gasteiger partial charge in [-0.3, -0.25) is 0 Å². The molecule has 1 atom stereocenters. The third kappa shape index (κ3) is 3.54. The van der Waals surface area contributed by atoms with E-state index in [1.165, 1.54) is 5.56 Å². The molecule has 0 aliphatic rings. The summed E-state index contributed by atoms with van der Waals surface area (Å²) in [6.07, 6.45) is 1.62. The highest BCUT2D eigenvalue weighted by Gasteiger charge is 2.11. The molecule has 0 bridgehead atoms. The Morgan fingerprint density at radius 3 is 2.58 bits per heavy atom. The second kappa shape index (κ2) is 6.33. The molecule has 2 rings (SSSR count). The van der Waals surface area contributed by atoms with Crippen molar-refractivity contribution in [3.8, 4) is 5.75 Å². The van der Waals surface area contributed by atoms with Crippen LogP contribution in [0.1, 0.15) is 30.3 Å². The predicted octanol–water partition coefficient (Wildman–Crippen LogP) is 2.14. The molecule has 0 spiro atoms. The van der Waals surface area contributed by atoms with E-state index in [0.717, 1.165) is 18.6 Å². The molecule has 5 heteroatoms. The van der Waals surface area contributed by atoms with Gasteiger partial charge in [-0.1, -0.05) is 12.1 Å². The van der Waals surface area contributed by atoms with Crippen molar-refractivity contribution in [1.29, 1.82) is 0 Å². The molecule has 19 heavy (non-hydrogen) atoms. The number of nitrogens with one attached hydrogen (secondary N) is 1. The Bertz CT molecular complexity index is 508. The summed E-state index contributed by atoms with van der Waals surface area (Å²) < 4.78 is 10.7. The number of ether oxygens (including phenoxy) is 1. The van der Waals surface area contributed by atoms with E-state index in [1.54, 1.807) is 7.11 Å². The third-order valence-electron chi connectivity index (χ3n) is 3.07. The number of benzene rings is 1. The van der Waals surface area contributed by atoms with Gasteiger partial charge in [-0.15, -0.1) is 10.2 Å². The lowest BCUT2D eigenvalue weighted by molar-refractivity contribution is 0.404. The minimum Gasteiger partial charge on any atom is -0.497 e. The summed E-state index contributed by atoms with van der Waals surface area (Å²) in [6, 6.07) is 8.09. The van der Waals surface area contributed by atoms with Crippen LogP contribution >= 0.6 is 0 Å². The Labute approximate surface area is 113 Å². The van der Waals surface area contributed by atoms with Crippen LogP contribution in [0.25, 0.3) is 0 Å². The van der Waals surface area contributed by atoms with Gasteiger partial charge in [0, 0.05) is 6.42 Å². The summed E-state index contributed by atoms with van der Waals surface area (Å²) in [5, 5.41) is 11.2. The van der Waals surface area contributed by atoms with E-state index in [4.69, 9.17) is 9.15 Å². The number of aromatic nitrogens is 2. The van der Waals surface area contributed by atoms with Crippen LogP contribution in [-0.4, -0.2) is 24.4 Å². The second-order valence-corrected chi connectivity index (χ2v) is 4.39. The maximum Gasteiger partial charge on any atom is 0.233 e. The molecule has 1 aromatic carbocycles. The number of hydrogen-bond acceptors (Lipinski definition) is 5. The normalized spacial score (nSPS) is 12.4. The van der Waals surface area contributed by atoms with Gasteiger partial charge < -0.3 is 14.5 Å². The first-order chi connectivity index (χ1) is 9.22. The van der Waals surface area contributed by atoms with E-state index in [1.807, 2.05) is 38.2 Å². The van der Waals surface area contributed by atoms with Crippen molar-refractivity contribution in [2.75, 3.05) is 14.2 Å². The number of nitrogens with zero attached hydrogens (tertiary/aromatic N) is 2. The van der Waals surface area contributed by atoms with Crippen LogP contribution in [-0.2, 0) is 12.8 Å². The Kier molecular flexibility index (Phi) is 4.52. The predicted molar refractivity (Wildman–Crippen MR) is 72.2 cm³/mol. The highest BCUT2D eigenvalue weighted by molar-refractivity contribution is 5.27. The van der Waals surface area contributed by atoms with Crippen LogP contribution < -0.4 is 10.1 Å². The first-order valence-corrected chi connectivity index (χ1v) is 6.35. The van der Waals surface area contributed by atoms with Crippen LogP contribution in [0.3, 0.4) is 0 Å². The van der Waals surface area contributed by atoms with Gasteiger partial charge in [0.2, 0.25) is 11.8 Å². The zero-order valence-electron chi connectivity index (χ0n) is 11.5. The number of hydrogen-bond donors (Lipinski definition) is 1. The maximum absolute atomic E-state index is 5.59. The quantitative estimate of drug-likeness (QED) is 0.863.